The Bertz CT molecular complexity index is 793. The van der Waals surface area contributed by atoms with Crippen LogP contribution in [0.25, 0.3) is 0 Å². The smallest absolute Gasteiger partial charge is 0.481 e. The molecule has 0 aromatic heterocycles. The quantitative estimate of drug-likeness (QED) is 0.395. The van der Waals surface area contributed by atoms with Crippen LogP contribution in [-0.2, 0) is 11.2 Å². The number of hydrogen-bond donors (Lipinski definition) is 2. The van der Waals surface area contributed by atoms with Gasteiger partial charge in [-0.3, -0.25) is 4.79 Å². The van der Waals surface area contributed by atoms with Crippen molar-refractivity contribution in [1.29, 1.82) is 0 Å². The summed E-state index contributed by atoms with van der Waals surface area (Å²) in [6, 6.07) is 0.417. The average Bonchev–Trinajstić information content (AvgIpc) is 2.60. The molecule has 0 aliphatic carbocycles. The van der Waals surface area contributed by atoms with E-state index < -0.39 is 66.1 Å². The Kier molecular flexibility index (Phi) is 9.51. The van der Waals surface area contributed by atoms with Gasteiger partial charge in [-0.15, -0.1) is 39.5 Å². The second kappa shape index (κ2) is 11.0. The van der Waals surface area contributed by atoms with Crippen molar-refractivity contribution in [2.45, 2.75) is 51.7 Å². The van der Waals surface area contributed by atoms with E-state index in [1.54, 1.807) is 6.92 Å². The highest BCUT2D eigenvalue weighted by Gasteiger charge is 2.39. The van der Waals surface area contributed by atoms with Gasteiger partial charge in [-0.1, -0.05) is 13.3 Å². The molecule has 3 N–H and O–H groups in total. The molecule has 2 unspecified atom stereocenters. The number of ether oxygens (including phenoxy) is 3. The Hall–Kier alpha value is -2.58. The van der Waals surface area contributed by atoms with Crippen LogP contribution in [0.4, 0.5) is 39.5 Å². The number of halogens is 9. The SMILES string of the molecule is CCC(CCc1cc(OC(F)(F)F)cc(OC(F)(F)F)c1OC(F)(F)F)CC(CN)C(=O)O. The first-order chi connectivity index (χ1) is 14.9. The topological polar surface area (TPSA) is 91.0 Å². The van der Waals surface area contributed by atoms with Crippen molar-refractivity contribution in [3.05, 3.63) is 17.7 Å². The second-order valence-electron chi connectivity index (χ2n) is 6.87. The van der Waals surface area contributed by atoms with Gasteiger partial charge in [0.2, 0.25) is 0 Å². The fourth-order valence-corrected chi connectivity index (χ4v) is 2.99. The van der Waals surface area contributed by atoms with Gasteiger partial charge in [-0.25, -0.2) is 0 Å². The minimum absolute atomic E-state index is 0.0115. The summed E-state index contributed by atoms with van der Waals surface area (Å²) in [5, 5.41) is 9.09. The number of aliphatic carboxylic acids is 1. The van der Waals surface area contributed by atoms with Crippen LogP contribution in [0, 0.1) is 11.8 Å². The summed E-state index contributed by atoms with van der Waals surface area (Å²) in [6.07, 6.45) is -16.7. The van der Waals surface area contributed by atoms with E-state index in [0.29, 0.717) is 12.5 Å². The van der Waals surface area contributed by atoms with Gasteiger partial charge in [0.25, 0.3) is 0 Å². The standard InChI is InChI=1S/C18H20F9NO5/c1-2-9(5-11(8-28)15(29)30)3-4-10-6-12(31-16(19,20)21)7-13(32-17(22,23)24)14(10)33-18(25,26)27/h6-7,9,11H,2-5,8,28H2,1H3,(H,29,30). The average molecular weight is 501 g/mol. The van der Waals surface area contributed by atoms with Crippen LogP contribution in [0.3, 0.4) is 0 Å². The Morgan fingerprint density at radius 2 is 1.52 bits per heavy atom. The molecule has 0 amide bonds. The highest BCUT2D eigenvalue weighted by atomic mass is 19.4. The van der Waals surface area contributed by atoms with Gasteiger partial charge in [0.05, 0.1) is 5.92 Å². The van der Waals surface area contributed by atoms with E-state index >= 15 is 0 Å². The summed E-state index contributed by atoms with van der Waals surface area (Å²) >= 11 is 0. The minimum atomic E-state index is -5.56. The number of carboxylic acid groups (broad SMARTS) is 1. The molecule has 0 fully saturated rings. The Morgan fingerprint density at radius 3 is 1.94 bits per heavy atom. The van der Waals surface area contributed by atoms with Gasteiger partial charge in [-0.2, -0.15) is 0 Å². The van der Waals surface area contributed by atoms with Crippen molar-refractivity contribution in [3.8, 4) is 17.2 Å². The van der Waals surface area contributed by atoms with Gasteiger partial charge in [0.15, 0.2) is 11.5 Å². The molecule has 0 saturated carbocycles. The van der Waals surface area contributed by atoms with Crippen molar-refractivity contribution in [1.82, 2.24) is 0 Å². The molecule has 6 nitrogen and oxygen atoms in total. The minimum Gasteiger partial charge on any atom is -0.481 e. The van der Waals surface area contributed by atoms with E-state index in [1.165, 1.54) is 0 Å². The number of carbonyl (C=O) groups is 1. The van der Waals surface area contributed by atoms with Gasteiger partial charge in [0.1, 0.15) is 5.75 Å². The third-order valence-corrected chi connectivity index (χ3v) is 4.43. The molecular weight excluding hydrogens is 481 g/mol. The van der Waals surface area contributed by atoms with Crippen LogP contribution in [-0.4, -0.2) is 36.7 Å². The van der Waals surface area contributed by atoms with Crippen LogP contribution in [0.1, 0.15) is 31.7 Å². The van der Waals surface area contributed by atoms with Crippen molar-refractivity contribution in [2.75, 3.05) is 6.54 Å². The fourth-order valence-electron chi connectivity index (χ4n) is 2.99. The maximum absolute atomic E-state index is 12.8. The molecule has 0 aliphatic rings. The first kappa shape index (κ1) is 28.5. The molecule has 0 radical (unpaired) electrons. The number of nitrogens with two attached hydrogens (primary N) is 1. The highest BCUT2D eigenvalue weighted by Crippen LogP contribution is 2.43. The molecule has 1 aromatic carbocycles. The molecule has 0 aliphatic heterocycles. The van der Waals surface area contributed by atoms with Crippen molar-refractivity contribution >= 4 is 5.97 Å². The predicted molar refractivity (Wildman–Crippen MR) is 93.4 cm³/mol. The molecule has 0 heterocycles. The Labute approximate surface area is 181 Å². The maximum Gasteiger partial charge on any atom is 0.573 e. The van der Waals surface area contributed by atoms with Crippen LogP contribution >= 0.6 is 0 Å². The molecule has 190 valence electrons. The summed E-state index contributed by atoms with van der Waals surface area (Å²) in [5.41, 5.74) is 4.65. The lowest BCUT2D eigenvalue weighted by Gasteiger charge is -2.22. The Morgan fingerprint density at radius 1 is 0.970 bits per heavy atom. The van der Waals surface area contributed by atoms with Crippen LogP contribution < -0.4 is 19.9 Å². The van der Waals surface area contributed by atoms with Crippen LogP contribution in [0.5, 0.6) is 17.2 Å². The zero-order valence-corrected chi connectivity index (χ0v) is 16.9. The number of rotatable bonds is 11. The molecular formula is C18H20F9NO5. The lowest BCUT2D eigenvalue weighted by atomic mass is 9.87. The summed E-state index contributed by atoms with van der Waals surface area (Å²) in [4.78, 5) is 11.2. The summed E-state index contributed by atoms with van der Waals surface area (Å²) in [5.74, 6) is -7.13. The first-order valence-electron chi connectivity index (χ1n) is 9.31. The van der Waals surface area contributed by atoms with E-state index in [2.05, 4.69) is 14.2 Å². The summed E-state index contributed by atoms with van der Waals surface area (Å²) in [6.45, 7) is 1.38. The van der Waals surface area contributed by atoms with Crippen molar-refractivity contribution in [3.63, 3.8) is 0 Å². The normalized spacial score (nSPS) is 14.5. The second-order valence-corrected chi connectivity index (χ2v) is 6.87. The van der Waals surface area contributed by atoms with Crippen LogP contribution in [0.15, 0.2) is 12.1 Å². The highest BCUT2D eigenvalue weighted by molar-refractivity contribution is 5.70. The number of benzene rings is 1. The summed E-state index contributed by atoms with van der Waals surface area (Å²) < 4.78 is 125. The Balaban J connectivity index is 3.40. The number of alkyl halides is 9. The number of carboxylic acids is 1. The van der Waals surface area contributed by atoms with E-state index in [0.717, 1.165) is 0 Å². The van der Waals surface area contributed by atoms with E-state index in [-0.39, 0.29) is 25.5 Å². The van der Waals surface area contributed by atoms with Crippen molar-refractivity contribution < 1.29 is 63.6 Å². The molecule has 0 saturated heterocycles. The van der Waals surface area contributed by atoms with E-state index in [4.69, 9.17) is 10.8 Å². The van der Waals surface area contributed by atoms with Gasteiger partial charge in [0, 0.05) is 18.2 Å². The molecule has 1 rings (SSSR count). The molecule has 15 heteroatoms. The molecule has 0 spiro atoms. The first-order valence-corrected chi connectivity index (χ1v) is 9.31. The fraction of sp³-hybridized carbons (Fsp3) is 0.611. The third kappa shape index (κ3) is 10.7. The lowest BCUT2D eigenvalue weighted by Crippen LogP contribution is -2.26. The predicted octanol–water partition coefficient (Wildman–Crippen LogP) is 5.39. The van der Waals surface area contributed by atoms with E-state index in [1.807, 2.05) is 0 Å². The van der Waals surface area contributed by atoms with Gasteiger partial charge < -0.3 is 25.1 Å². The molecule has 1 aromatic rings. The largest absolute Gasteiger partial charge is 0.573 e. The molecule has 2 atom stereocenters. The van der Waals surface area contributed by atoms with Gasteiger partial charge >= 0.3 is 25.1 Å². The molecule has 0 bridgehead atoms. The molecule has 33 heavy (non-hydrogen) atoms. The number of aryl methyl sites for hydroxylation is 1. The monoisotopic (exact) mass is 501 g/mol. The third-order valence-electron chi connectivity index (χ3n) is 4.43. The zero-order chi connectivity index (χ0) is 25.6. The lowest BCUT2D eigenvalue weighted by molar-refractivity contribution is -0.288. The maximum atomic E-state index is 12.8. The number of hydrogen-bond acceptors (Lipinski definition) is 5. The summed E-state index contributed by atoms with van der Waals surface area (Å²) in [7, 11) is 0. The van der Waals surface area contributed by atoms with Crippen LogP contribution in [0.2, 0.25) is 0 Å². The van der Waals surface area contributed by atoms with Crippen molar-refractivity contribution in [2.24, 2.45) is 17.6 Å². The zero-order valence-electron chi connectivity index (χ0n) is 16.9. The van der Waals surface area contributed by atoms with Gasteiger partial charge in [-0.05, 0) is 31.2 Å². The van der Waals surface area contributed by atoms with E-state index in [9.17, 15) is 44.3 Å².